The Bertz CT molecular complexity index is 2770. The normalized spacial score (nSPS) is 11.3. The lowest BCUT2D eigenvalue weighted by Gasteiger charge is -2.28. The predicted octanol–water partition coefficient (Wildman–Crippen LogP) is 15.0. The number of fused-ring (bicyclic) bond motifs is 4. The SMILES string of the molecule is C=C/C=C\c1cc2ccccc2cc1N(c1ccccc1)c1ccc(-c2ccc(N(c3ccccc3)c3cc4ccccc4c4ccccc34)cc2)cc1. The average Bonchev–Trinajstić information content (AvgIpc) is 3.24. The highest BCUT2D eigenvalue weighted by Crippen LogP contribution is 2.43. The van der Waals surface area contributed by atoms with E-state index in [9.17, 15) is 0 Å². The molecule has 0 spiro atoms. The molecule has 0 aromatic heterocycles. The summed E-state index contributed by atoms with van der Waals surface area (Å²) in [4.78, 5) is 4.72. The zero-order chi connectivity index (χ0) is 36.3. The van der Waals surface area contributed by atoms with Gasteiger partial charge in [-0.2, -0.15) is 0 Å². The fourth-order valence-corrected chi connectivity index (χ4v) is 7.58. The molecule has 9 rings (SSSR count). The number of para-hydroxylation sites is 2. The summed E-state index contributed by atoms with van der Waals surface area (Å²) in [6, 6.07) is 71.9. The molecule has 0 saturated heterocycles. The van der Waals surface area contributed by atoms with Gasteiger partial charge in [0.2, 0.25) is 0 Å². The van der Waals surface area contributed by atoms with Gasteiger partial charge in [-0.25, -0.2) is 0 Å². The number of rotatable bonds is 9. The standard InChI is InChI=1S/C52H38N2/c1-2-3-16-43-35-40-17-10-11-18-41(40)36-51(43)53(44-20-6-4-7-21-44)46-31-27-38(28-32-46)39-29-33-47(34-30-39)54(45-22-8-5-9-23-45)52-37-42-19-12-13-24-48(42)49-25-14-15-26-50(49)52/h2-37H,1H2/b16-3-. The van der Waals surface area contributed by atoms with Gasteiger partial charge in [0.05, 0.1) is 11.4 Å². The van der Waals surface area contributed by atoms with Crippen molar-refractivity contribution in [2.45, 2.75) is 0 Å². The van der Waals surface area contributed by atoms with Crippen LogP contribution in [0, 0.1) is 0 Å². The Morgan fingerprint density at radius 2 is 0.778 bits per heavy atom. The largest absolute Gasteiger partial charge is 0.310 e. The molecule has 0 N–H and O–H groups in total. The number of nitrogens with zero attached hydrogens (tertiary/aromatic N) is 2. The van der Waals surface area contributed by atoms with E-state index >= 15 is 0 Å². The van der Waals surface area contributed by atoms with Gasteiger partial charge in [-0.05, 0) is 110 Å². The highest BCUT2D eigenvalue weighted by atomic mass is 15.1. The molecule has 0 aliphatic rings. The number of hydrogen-bond donors (Lipinski definition) is 0. The first-order chi connectivity index (χ1) is 26.7. The van der Waals surface area contributed by atoms with Crippen LogP contribution in [-0.2, 0) is 0 Å². The maximum Gasteiger partial charge on any atom is 0.0546 e. The Balaban J connectivity index is 1.11. The van der Waals surface area contributed by atoms with Crippen molar-refractivity contribution >= 4 is 72.5 Å². The molecule has 256 valence electrons. The highest BCUT2D eigenvalue weighted by molar-refractivity contribution is 6.14. The van der Waals surface area contributed by atoms with Gasteiger partial charge in [0.1, 0.15) is 0 Å². The zero-order valence-corrected chi connectivity index (χ0v) is 29.9. The van der Waals surface area contributed by atoms with Crippen molar-refractivity contribution in [3.05, 3.63) is 224 Å². The van der Waals surface area contributed by atoms with E-state index in [-0.39, 0.29) is 0 Å². The van der Waals surface area contributed by atoms with Gasteiger partial charge in [-0.1, -0.05) is 158 Å². The van der Waals surface area contributed by atoms with E-state index in [1.54, 1.807) is 0 Å². The van der Waals surface area contributed by atoms with Crippen LogP contribution in [0.2, 0.25) is 0 Å². The average molecular weight is 691 g/mol. The second-order valence-corrected chi connectivity index (χ2v) is 13.5. The van der Waals surface area contributed by atoms with Gasteiger partial charge >= 0.3 is 0 Å². The molecule has 0 atom stereocenters. The van der Waals surface area contributed by atoms with Crippen LogP contribution < -0.4 is 9.80 Å². The summed E-state index contributed by atoms with van der Waals surface area (Å²) in [5.74, 6) is 0. The molecule has 9 aromatic rings. The third kappa shape index (κ3) is 6.21. The minimum Gasteiger partial charge on any atom is -0.310 e. The second kappa shape index (κ2) is 14.5. The lowest BCUT2D eigenvalue weighted by molar-refractivity contribution is 1.28. The van der Waals surface area contributed by atoms with E-state index in [0.29, 0.717) is 0 Å². The lowest BCUT2D eigenvalue weighted by Crippen LogP contribution is -2.11. The number of hydrogen-bond acceptors (Lipinski definition) is 2. The minimum absolute atomic E-state index is 1.09. The van der Waals surface area contributed by atoms with Gasteiger partial charge in [0.25, 0.3) is 0 Å². The molecule has 0 unspecified atom stereocenters. The monoisotopic (exact) mass is 690 g/mol. The van der Waals surface area contributed by atoms with Crippen LogP contribution in [0.3, 0.4) is 0 Å². The smallest absolute Gasteiger partial charge is 0.0546 e. The molecule has 0 saturated carbocycles. The van der Waals surface area contributed by atoms with E-state index in [1.807, 2.05) is 12.2 Å². The van der Waals surface area contributed by atoms with E-state index in [1.165, 1.54) is 32.3 Å². The first-order valence-electron chi connectivity index (χ1n) is 18.4. The summed E-state index contributed by atoms with van der Waals surface area (Å²) in [5.41, 5.74) is 10.1. The van der Waals surface area contributed by atoms with Crippen molar-refractivity contribution in [1.29, 1.82) is 0 Å². The van der Waals surface area contributed by atoms with Crippen molar-refractivity contribution in [3.8, 4) is 11.1 Å². The van der Waals surface area contributed by atoms with Gasteiger partial charge in [0.15, 0.2) is 0 Å². The Hall–Kier alpha value is -7.16. The van der Waals surface area contributed by atoms with Crippen LogP contribution in [0.4, 0.5) is 34.1 Å². The molecule has 0 aliphatic heterocycles. The van der Waals surface area contributed by atoms with E-state index < -0.39 is 0 Å². The van der Waals surface area contributed by atoms with Crippen LogP contribution in [0.1, 0.15) is 5.56 Å². The first kappa shape index (κ1) is 32.7. The quantitative estimate of drug-likeness (QED) is 0.110. The van der Waals surface area contributed by atoms with Crippen LogP contribution in [-0.4, -0.2) is 0 Å². The van der Waals surface area contributed by atoms with E-state index in [4.69, 9.17) is 0 Å². The Kier molecular flexibility index (Phi) is 8.76. The summed E-state index contributed by atoms with van der Waals surface area (Å²) in [7, 11) is 0. The third-order valence-corrected chi connectivity index (χ3v) is 10.1. The molecular weight excluding hydrogens is 653 g/mol. The lowest BCUT2D eigenvalue weighted by atomic mass is 9.98. The van der Waals surface area contributed by atoms with E-state index in [0.717, 1.165) is 50.8 Å². The molecule has 0 fully saturated rings. The number of allylic oxidation sites excluding steroid dienone is 2. The second-order valence-electron chi connectivity index (χ2n) is 13.5. The topological polar surface area (TPSA) is 6.48 Å². The number of anilines is 6. The van der Waals surface area contributed by atoms with Gasteiger partial charge < -0.3 is 9.80 Å². The third-order valence-electron chi connectivity index (χ3n) is 10.1. The molecule has 0 heterocycles. The maximum absolute atomic E-state index is 3.93. The molecule has 0 radical (unpaired) electrons. The molecule has 0 amide bonds. The fraction of sp³-hybridized carbons (Fsp3) is 0. The molecule has 2 heteroatoms. The van der Waals surface area contributed by atoms with Gasteiger partial charge in [0, 0.05) is 28.1 Å². The first-order valence-corrected chi connectivity index (χ1v) is 18.4. The zero-order valence-electron chi connectivity index (χ0n) is 29.9. The molecule has 0 aliphatic carbocycles. The van der Waals surface area contributed by atoms with E-state index in [2.05, 4.69) is 223 Å². The summed E-state index contributed by atoms with van der Waals surface area (Å²) in [6.45, 7) is 3.93. The molecule has 0 bridgehead atoms. The summed E-state index contributed by atoms with van der Waals surface area (Å²) in [5, 5.41) is 7.36. The van der Waals surface area contributed by atoms with Crippen molar-refractivity contribution < 1.29 is 0 Å². The molecule has 54 heavy (non-hydrogen) atoms. The van der Waals surface area contributed by atoms with Crippen molar-refractivity contribution in [3.63, 3.8) is 0 Å². The Morgan fingerprint density at radius 1 is 0.352 bits per heavy atom. The van der Waals surface area contributed by atoms with Gasteiger partial charge in [-0.15, -0.1) is 0 Å². The molecule has 9 aromatic carbocycles. The van der Waals surface area contributed by atoms with Crippen molar-refractivity contribution in [2.24, 2.45) is 0 Å². The van der Waals surface area contributed by atoms with Gasteiger partial charge in [-0.3, -0.25) is 0 Å². The Morgan fingerprint density at radius 3 is 1.35 bits per heavy atom. The summed E-state index contributed by atoms with van der Waals surface area (Å²) < 4.78 is 0. The number of benzene rings is 9. The fourth-order valence-electron chi connectivity index (χ4n) is 7.58. The maximum atomic E-state index is 3.93. The molecular formula is C52H38N2. The van der Waals surface area contributed by atoms with Crippen molar-refractivity contribution in [1.82, 2.24) is 0 Å². The highest BCUT2D eigenvalue weighted by Gasteiger charge is 2.19. The summed E-state index contributed by atoms with van der Waals surface area (Å²) in [6.07, 6.45) is 5.97. The van der Waals surface area contributed by atoms with Crippen LogP contribution in [0.15, 0.2) is 219 Å². The minimum atomic E-state index is 1.09. The Labute approximate surface area is 316 Å². The van der Waals surface area contributed by atoms with Crippen LogP contribution >= 0.6 is 0 Å². The predicted molar refractivity (Wildman–Crippen MR) is 233 cm³/mol. The van der Waals surface area contributed by atoms with Crippen LogP contribution in [0.25, 0.3) is 49.5 Å². The molecule has 2 nitrogen and oxygen atoms in total. The van der Waals surface area contributed by atoms with Crippen molar-refractivity contribution in [2.75, 3.05) is 9.80 Å². The van der Waals surface area contributed by atoms with Crippen LogP contribution in [0.5, 0.6) is 0 Å². The summed E-state index contributed by atoms with van der Waals surface area (Å²) >= 11 is 0.